The molecule has 2 heterocycles. The maximum Gasteiger partial charge on any atom is 0.114 e. The van der Waals surface area contributed by atoms with Gasteiger partial charge < -0.3 is 14.8 Å². The zero-order valence-electron chi connectivity index (χ0n) is 16.3. The van der Waals surface area contributed by atoms with Crippen LogP contribution in [0.25, 0.3) is 17.0 Å². The summed E-state index contributed by atoms with van der Waals surface area (Å²) >= 11 is 1.93. The molecule has 1 N–H and O–H groups in total. The van der Waals surface area contributed by atoms with Crippen molar-refractivity contribution in [3.8, 4) is 0 Å². The first-order valence-corrected chi connectivity index (χ1v) is 10.5. The van der Waals surface area contributed by atoms with Gasteiger partial charge in [-0.3, -0.25) is 0 Å². The average Bonchev–Trinajstić information content (AvgIpc) is 3.04. The molecule has 0 unspecified atom stereocenters. The van der Waals surface area contributed by atoms with Crippen molar-refractivity contribution >= 4 is 34.6 Å². The molecule has 0 radical (unpaired) electrons. The minimum absolute atomic E-state index is 0.993. The lowest BCUT2D eigenvalue weighted by Crippen LogP contribution is -2.34. The number of aromatic nitrogens is 1. The molecular weight excluding hydrogens is 350 g/mol. The summed E-state index contributed by atoms with van der Waals surface area (Å²) in [5, 5.41) is 1.36. The lowest BCUT2D eigenvalue weighted by atomic mass is 10.1. The minimum atomic E-state index is 0.993. The van der Waals surface area contributed by atoms with E-state index in [2.05, 4.69) is 90.4 Å². The number of H-pyrrole nitrogens is 1. The van der Waals surface area contributed by atoms with Crippen LogP contribution in [0.5, 0.6) is 0 Å². The van der Waals surface area contributed by atoms with Crippen LogP contribution in [0, 0.1) is 0 Å². The second-order valence-corrected chi connectivity index (χ2v) is 8.57. The van der Waals surface area contributed by atoms with Crippen molar-refractivity contribution in [3.63, 3.8) is 0 Å². The van der Waals surface area contributed by atoms with E-state index in [9.17, 15) is 0 Å². The van der Waals surface area contributed by atoms with Crippen LogP contribution in [0.3, 0.4) is 0 Å². The molecule has 0 amide bonds. The van der Waals surface area contributed by atoms with Crippen LogP contribution < -0.4 is 4.90 Å². The van der Waals surface area contributed by atoms with E-state index in [1.165, 1.54) is 38.3 Å². The number of nitrogens with zero attached hydrogens (tertiary/aromatic N) is 2. The second-order valence-electron chi connectivity index (χ2n) is 7.56. The number of hydrogen-bond acceptors (Lipinski definition) is 3. The second kappa shape index (κ2) is 7.83. The van der Waals surface area contributed by atoms with E-state index < -0.39 is 0 Å². The number of likely N-dealkylation sites (N-methyl/N-ethyl adjacent to an activating group) is 1. The van der Waals surface area contributed by atoms with Crippen molar-refractivity contribution in [2.45, 2.75) is 17.6 Å². The molecule has 1 aromatic heterocycles. The highest BCUT2D eigenvalue weighted by molar-refractivity contribution is 7.98. The van der Waals surface area contributed by atoms with Crippen molar-refractivity contribution in [2.24, 2.45) is 0 Å². The molecule has 0 saturated heterocycles. The Labute approximate surface area is 166 Å². The van der Waals surface area contributed by atoms with Crippen molar-refractivity contribution in [2.75, 3.05) is 38.6 Å². The molecule has 3 nitrogen and oxygen atoms in total. The fraction of sp³-hybridized carbons (Fsp3) is 0.304. The van der Waals surface area contributed by atoms with E-state index in [4.69, 9.17) is 0 Å². The summed E-state index contributed by atoms with van der Waals surface area (Å²) in [6, 6.07) is 17.3. The number of hydrogen-bond donors (Lipinski definition) is 1. The van der Waals surface area contributed by atoms with Gasteiger partial charge in [0.2, 0.25) is 0 Å². The van der Waals surface area contributed by atoms with E-state index in [0.717, 1.165) is 25.4 Å². The zero-order chi connectivity index (χ0) is 18.8. The Morgan fingerprint density at radius 1 is 1.07 bits per heavy atom. The molecule has 27 heavy (non-hydrogen) atoms. The predicted octanol–water partition coefficient (Wildman–Crippen LogP) is 5.25. The maximum absolute atomic E-state index is 3.70. The van der Waals surface area contributed by atoms with Gasteiger partial charge in [0.15, 0.2) is 0 Å². The normalized spacial score (nSPS) is 13.9. The molecule has 4 heteroatoms. The summed E-state index contributed by atoms with van der Waals surface area (Å²) in [6.07, 6.45) is 2.37. The van der Waals surface area contributed by atoms with Gasteiger partial charge in [-0.15, -0.1) is 11.8 Å². The highest BCUT2D eigenvalue weighted by Gasteiger charge is 2.22. The topological polar surface area (TPSA) is 22.3 Å². The highest BCUT2D eigenvalue weighted by atomic mass is 32.2. The monoisotopic (exact) mass is 377 g/mol. The molecule has 1 aliphatic heterocycles. The van der Waals surface area contributed by atoms with Crippen LogP contribution in [0.15, 0.2) is 59.0 Å². The average molecular weight is 378 g/mol. The lowest BCUT2D eigenvalue weighted by molar-refractivity contribution is 0.414. The first-order chi connectivity index (χ1) is 13.1. The Kier molecular flexibility index (Phi) is 5.28. The Morgan fingerprint density at radius 2 is 1.89 bits per heavy atom. The zero-order valence-corrected chi connectivity index (χ0v) is 17.1. The summed E-state index contributed by atoms with van der Waals surface area (Å²) in [6.45, 7) is 5.33. The van der Waals surface area contributed by atoms with Crippen molar-refractivity contribution in [3.05, 3.63) is 65.2 Å². The SMILES string of the molecule is CC1=Cc2c([nH]c3cccc(SCc4ccccc4)c23)N(CCN(C)C)C1. The van der Waals surface area contributed by atoms with E-state index in [1.54, 1.807) is 0 Å². The van der Waals surface area contributed by atoms with Crippen LogP contribution in [-0.4, -0.2) is 43.6 Å². The largest absolute Gasteiger partial charge is 0.352 e. The fourth-order valence-electron chi connectivity index (χ4n) is 3.66. The van der Waals surface area contributed by atoms with Crippen LogP contribution in [0.1, 0.15) is 18.1 Å². The molecule has 2 aromatic carbocycles. The Bertz CT molecular complexity index is 956. The lowest BCUT2D eigenvalue weighted by Gasteiger charge is -2.29. The number of rotatable bonds is 6. The number of fused-ring (bicyclic) bond motifs is 3. The van der Waals surface area contributed by atoms with Gasteiger partial charge in [0.05, 0.1) is 0 Å². The molecular formula is C23H27N3S. The predicted molar refractivity (Wildman–Crippen MR) is 119 cm³/mol. The summed E-state index contributed by atoms with van der Waals surface area (Å²) in [5.41, 5.74) is 5.37. The van der Waals surface area contributed by atoms with E-state index >= 15 is 0 Å². The number of thioether (sulfide) groups is 1. The van der Waals surface area contributed by atoms with Gasteiger partial charge in [-0.1, -0.05) is 42.0 Å². The number of nitrogens with one attached hydrogen (secondary N) is 1. The number of aromatic amines is 1. The van der Waals surface area contributed by atoms with Gasteiger partial charge in [0.1, 0.15) is 5.82 Å². The van der Waals surface area contributed by atoms with E-state index in [0.29, 0.717) is 0 Å². The van der Waals surface area contributed by atoms with Crippen LogP contribution >= 0.6 is 11.8 Å². The van der Waals surface area contributed by atoms with Gasteiger partial charge in [0, 0.05) is 46.7 Å². The summed E-state index contributed by atoms with van der Waals surface area (Å²) in [5.74, 6) is 2.26. The maximum atomic E-state index is 3.70. The third kappa shape index (κ3) is 3.92. The molecule has 0 fully saturated rings. The third-order valence-electron chi connectivity index (χ3n) is 5.01. The molecule has 3 aromatic rings. The summed E-state index contributed by atoms with van der Waals surface area (Å²) in [7, 11) is 4.27. The van der Waals surface area contributed by atoms with Crippen LogP contribution in [-0.2, 0) is 5.75 Å². The summed E-state index contributed by atoms with van der Waals surface area (Å²) in [4.78, 5) is 9.78. The third-order valence-corrected chi connectivity index (χ3v) is 6.13. The van der Waals surface area contributed by atoms with E-state index in [1.807, 2.05) is 11.8 Å². The van der Waals surface area contributed by atoms with Gasteiger partial charge in [-0.05, 0) is 44.8 Å². The molecule has 1 aliphatic rings. The quantitative estimate of drug-likeness (QED) is 0.594. The van der Waals surface area contributed by atoms with Crippen molar-refractivity contribution < 1.29 is 0 Å². The van der Waals surface area contributed by atoms with Crippen LogP contribution in [0.4, 0.5) is 5.82 Å². The smallest absolute Gasteiger partial charge is 0.114 e. The van der Waals surface area contributed by atoms with E-state index in [-0.39, 0.29) is 0 Å². The number of benzene rings is 2. The standard InChI is InChI=1S/C23H27N3S/c1-17-14-19-22-20(24-23(19)26(15-17)13-12-25(2)3)10-7-11-21(22)27-16-18-8-5-4-6-9-18/h4-11,14,24H,12-13,15-16H2,1-3H3. The molecule has 0 bridgehead atoms. The molecule has 0 spiro atoms. The number of anilines is 1. The summed E-state index contributed by atoms with van der Waals surface area (Å²) < 4.78 is 0. The van der Waals surface area contributed by atoms with Gasteiger partial charge in [-0.25, -0.2) is 0 Å². The Morgan fingerprint density at radius 3 is 2.67 bits per heavy atom. The van der Waals surface area contributed by atoms with Gasteiger partial charge in [-0.2, -0.15) is 0 Å². The molecule has 0 saturated carbocycles. The van der Waals surface area contributed by atoms with Crippen LogP contribution in [0.2, 0.25) is 0 Å². The van der Waals surface area contributed by atoms with Gasteiger partial charge in [0.25, 0.3) is 0 Å². The highest BCUT2D eigenvalue weighted by Crippen LogP contribution is 2.40. The Hall–Kier alpha value is -2.17. The molecule has 4 rings (SSSR count). The molecule has 0 aliphatic carbocycles. The van der Waals surface area contributed by atoms with Crippen molar-refractivity contribution in [1.29, 1.82) is 0 Å². The Balaban J connectivity index is 1.69. The first-order valence-electron chi connectivity index (χ1n) is 9.50. The first kappa shape index (κ1) is 18.2. The van der Waals surface area contributed by atoms with Gasteiger partial charge >= 0.3 is 0 Å². The van der Waals surface area contributed by atoms with Crippen molar-refractivity contribution in [1.82, 2.24) is 9.88 Å². The minimum Gasteiger partial charge on any atom is -0.352 e. The molecule has 0 atom stereocenters. The molecule has 140 valence electrons. The fourth-order valence-corrected chi connectivity index (χ4v) is 4.71.